The molecule has 2 aromatic heterocycles. The summed E-state index contributed by atoms with van der Waals surface area (Å²) < 4.78 is 13.6. The van der Waals surface area contributed by atoms with E-state index in [0.29, 0.717) is 17.2 Å². The van der Waals surface area contributed by atoms with Crippen molar-refractivity contribution < 1.29 is 9.18 Å². The van der Waals surface area contributed by atoms with Gasteiger partial charge in [-0.25, -0.2) is 14.4 Å². The van der Waals surface area contributed by atoms with Gasteiger partial charge in [-0.05, 0) is 55.2 Å². The molecule has 4 rings (SSSR count). The molecule has 142 valence electrons. The standard InChI is InChI=1S/C21H20FN5O/c1-14-5-6-17(11-18(14)15-10-16(22)13-23-12-15)26-20(28)19-4-2-9-27(19)21-24-7-3-8-25-21/h3,5-8,10-13,19H,2,4,9H2,1H3,(H,26,28)/t19-/m1/s1. The smallest absolute Gasteiger partial charge is 0.247 e. The van der Waals surface area contributed by atoms with Gasteiger partial charge in [-0.3, -0.25) is 9.78 Å². The normalized spacial score (nSPS) is 16.2. The number of aryl methyl sites for hydroxylation is 1. The maximum Gasteiger partial charge on any atom is 0.247 e. The number of amides is 1. The molecule has 1 saturated heterocycles. The number of pyridine rings is 1. The summed E-state index contributed by atoms with van der Waals surface area (Å²) in [6.45, 7) is 2.69. The largest absolute Gasteiger partial charge is 0.329 e. The number of rotatable bonds is 4. The van der Waals surface area contributed by atoms with E-state index in [-0.39, 0.29) is 11.9 Å². The molecule has 7 heteroatoms. The number of anilines is 2. The van der Waals surface area contributed by atoms with E-state index in [0.717, 1.165) is 30.5 Å². The molecule has 0 spiro atoms. The minimum absolute atomic E-state index is 0.0999. The van der Waals surface area contributed by atoms with E-state index in [1.54, 1.807) is 24.7 Å². The molecule has 0 bridgehead atoms. The highest BCUT2D eigenvalue weighted by Gasteiger charge is 2.32. The molecule has 1 fully saturated rings. The topological polar surface area (TPSA) is 71.0 Å². The zero-order chi connectivity index (χ0) is 19.5. The molecular weight excluding hydrogens is 357 g/mol. The highest BCUT2D eigenvalue weighted by Crippen LogP contribution is 2.28. The van der Waals surface area contributed by atoms with E-state index >= 15 is 0 Å². The van der Waals surface area contributed by atoms with Crippen LogP contribution in [-0.4, -0.2) is 33.4 Å². The number of nitrogens with zero attached hydrogens (tertiary/aromatic N) is 4. The van der Waals surface area contributed by atoms with E-state index < -0.39 is 5.82 Å². The molecule has 1 aliphatic heterocycles. The summed E-state index contributed by atoms with van der Waals surface area (Å²) in [6, 6.07) is 8.48. The Labute approximate surface area is 162 Å². The Morgan fingerprint density at radius 1 is 1.21 bits per heavy atom. The first-order valence-electron chi connectivity index (χ1n) is 9.18. The maximum absolute atomic E-state index is 13.6. The summed E-state index contributed by atoms with van der Waals surface area (Å²) in [5, 5.41) is 2.99. The van der Waals surface area contributed by atoms with E-state index in [4.69, 9.17) is 0 Å². The van der Waals surface area contributed by atoms with Gasteiger partial charge in [0.05, 0.1) is 6.20 Å². The van der Waals surface area contributed by atoms with E-state index in [1.807, 2.05) is 30.0 Å². The molecule has 0 saturated carbocycles. The van der Waals surface area contributed by atoms with Gasteiger partial charge in [0.15, 0.2) is 0 Å². The van der Waals surface area contributed by atoms with Gasteiger partial charge in [0.25, 0.3) is 0 Å². The first-order chi connectivity index (χ1) is 13.6. The number of aromatic nitrogens is 3. The van der Waals surface area contributed by atoms with Crippen molar-refractivity contribution in [3.8, 4) is 11.1 Å². The minimum Gasteiger partial charge on any atom is -0.329 e. The van der Waals surface area contributed by atoms with Crippen molar-refractivity contribution in [2.24, 2.45) is 0 Å². The lowest BCUT2D eigenvalue weighted by Gasteiger charge is -2.23. The highest BCUT2D eigenvalue weighted by atomic mass is 19.1. The molecule has 1 atom stereocenters. The molecule has 1 N–H and O–H groups in total. The van der Waals surface area contributed by atoms with Crippen LogP contribution in [-0.2, 0) is 4.79 Å². The predicted octanol–water partition coefficient (Wildman–Crippen LogP) is 3.59. The van der Waals surface area contributed by atoms with Crippen molar-refractivity contribution in [3.05, 3.63) is 66.5 Å². The monoisotopic (exact) mass is 377 g/mol. The van der Waals surface area contributed by atoms with Crippen molar-refractivity contribution in [2.75, 3.05) is 16.8 Å². The molecule has 6 nitrogen and oxygen atoms in total. The third-order valence-electron chi connectivity index (χ3n) is 4.89. The molecule has 0 unspecified atom stereocenters. The quantitative estimate of drug-likeness (QED) is 0.752. The average molecular weight is 377 g/mol. The van der Waals surface area contributed by atoms with Crippen LogP contribution in [0.1, 0.15) is 18.4 Å². The molecule has 0 aliphatic carbocycles. The summed E-state index contributed by atoms with van der Waals surface area (Å²) in [5.41, 5.74) is 3.15. The Bertz CT molecular complexity index is 995. The number of carbonyl (C=O) groups excluding carboxylic acids is 1. The van der Waals surface area contributed by atoms with Crippen LogP contribution in [0, 0.1) is 12.7 Å². The summed E-state index contributed by atoms with van der Waals surface area (Å²) >= 11 is 0. The number of hydrogen-bond donors (Lipinski definition) is 1. The van der Waals surface area contributed by atoms with Gasteiger partial charge >= 0.3 is 0 Å². The Morgan fingerprint density at radius 3 is 2.82 bits per heavy atom. The van der Waals surface area contributed by atoms with E-state index in [1.165, 1.54) is 12.3 Å². The number of benzene rings is 1. The van der Waals surface area contributed by atoms with Gasteiger partial charge in [-0.2, -0.15) is 0 Å². The number of halogens is 1. The molecule has 3 aromatic rings. The van der Waals surface area contributed by atoms with Crippen molar-refractivity contribution >= 4 is 17.5 Å². The second-order valence-electron chi connectivity index (χ2n) is 6.81. The summed E-state index contributed by atoms with van der Waals surface area (Å²) in [5.74, 6) is 0.0727. The molecule has 1 aromatic carbocycles. The predicted molar refractivity (Wildman–Crippen MR) is 105 cm³/mol. The SMILES string of the molecule is Cc1ccc(NC(=O)[C@H]2CCCN2c2ncccn2)cc1-c1cncc(F)c1. The molecular formula is C21H20FN5O. The second-order valence-corrected chi connectivity index (χ2v) is 6.81. The fraction of sp³-hybridized carbons (Fsp3) is 0.238. The number of carbonyl (C=O) groups is 1. The van der Waals surface area contributed by atoms with E-state index in [2.05, 4.69) is 20.3 Å². The third kappa shape index (κ3) is 3.69. The average Bonchev–Trinajstić information content (AvgIpc) is 3.20. The van der Waals surface area contributed by atoms with Gasteiger partial charge in [0.2, 0.25) is 11.9 Å². The van der Waals surface area contributed by atoms with Gasteiger partial charge in [0, 0.05) is 36.4 Å². The summed E-state index contributed by atoms with van der Waals surface area (Å²) in [4.78, 5) is 27.3. The van der Waals surface area contributed by atoms with Crippen LogP contribution >= 0.6 is 0 Å². The van der Waals surface area contributed by atoms with Gasteiger partial charge in [0.1, 0.15) is 11.9 Å². The molecule has 1 aliphatic rings. The first-order valence-corrected chi connectivity index (χ1v) is 9.18. The number of hydrogen-bond acceptors (Lipinski definition) is 5. The zero-order valence-electron chi connectivity index (χ0n) is 15.5. The Morgan fingerprint density at radius 2 is 2.04 bits per heavy atom. The summed E-state index contributed by atoms with van der Waals surface area (Å²) in [6.07, 6.45) is 7.79. The lowest BCUT2D eigenvalue weighted by atomic mass is 10.0. The Balaban J connectivity index is 1.56. The highest BCUT2D eigenvalue weighted by molar-refractivity contribution is 5.97. The number of nitrogens with one attached hydrogen (secondary N) is 1. The third-order valence-corrected chi connectivity index (χ3v) is 4.89. The Hall–Kier alpha value is -3.35. The van der Waals surface area contributed by atoms with Crippen molar-refractivity contribution in [1.82, 2.24) is 15.0 Å². The van der Waals surface area contributed by atoms with Gasteiger partial charge in [-0.15, -0.1) is 0 Å². The second kappa shape index (κ2) is 7.72. The van der Waals surface area contributed by atoms with Crippen LogP contribution in [0.15, 0.2) is 55.1 Å². The first kappa shape index (κ1) is 18.0. The van der Waals surface area contributed by atoms with Crippen LogP contribution in [0.25, 0.3) is 11.1 Å². The van der Waals surface area contributed by atoms with Gasteiger partial charge < -0.3 is 10.2 Å². The minimum atomic E-state index is -0.393. The van der Waals surface area contributed by atoms with Crippen molar-refractivity contribution in [1.29, 1.82) is 0 Å². The zero-order valence-corrected chi connectivity index (χ0v) is 15.5. The lowest BCUT2D eigenvalue weighted by molar-refractivity contribution is -0.117. The van der Waals surface area contributed by atoms with E-state index in [9.17, 15) is 9.18 Å². The van der Waals surface area contributed by atoms with Gasteiger partial charge in [-0.1, -0.05) is 6.07 Å². The molecule has 3 heterocycles. The Kier molecular flexibility index (Phi) is 4.97. The maximum atomic E-state index is 13.6. The lowest BCUT2D eigenvalue weighted by Crippen LogP contribution is -2.40. The van der Waals surface area contributed by atoms with Crippen molar-refractivity contribution in [2.45, 2.75) is 25.8 Å². The fourth-order valence-electron chi connectivity index (χ4n) is 3.51. The van der Waals surface area contributed by atoms with Crippen molar-refractivity contribution in [3.63, 3.8) is 0 Å². The molecule has 0 radical (unpaired) electrons. The fourth-order valence-corrected chi connectivity index (χ4v) is 3.51. The molecule has 28 heavy (non-hydrogen) atoms. The van der Waals surface area contributed by atoms with Crippen LogP contribution in [0.2, 0.25) is 0 Å². The van der Waals surface area contributed by atoms with Crippen LogP contribution in [0.5, 0.6) is 0 Å². The van der Waals surface area contributed by atoms with Crippen LogP contribution in [0.4, 0.5) is 16.0 Å². The van der Waals surface area contributed by atoms with Crippen LogP contribution in [0.3, 0.4) is 0 Å². The van der Waals surface area contributed by atoms with Crippen LogP contribution < -0.4 is 10.2 Å². The summed E-state index contributed by atoms with van der Waals surface area (Å²) in [7, 11) is 0. The molecule has 1 amide bonds.